The highest BCUT2D eigenvalue weighted by Gasteiger charge is 2.22. The van der Waals surface area contributed by atoms with Gasteiger partial charge in [0.15, 0.2) is 5.82 Å². The van der Waals surface area contributed by atoms with Gasteiger partial charge in [-0.15, -0.1) is 0 Å². The zero-order valence-electron chi connectivity index (χ0n) is 15.7. The van der Waals surface area contributed by atoms with Crippen LogP contribution in [0.4, 0.5) is 10.6 Å². The van der Waals surface area contributed by atoms with Crippen molar-refractivity contribution in [1.82, 2.24) is 10.1 Å². The smallest absolute Gasteiger partial charge is 0.327 e. The third-order valence-electron chi connectivity index (χ3n) is 4.17. The summed E-state index contributed by atoms with van der Waals surface area (Å²) >= 11 is 0. The van der Waals surface area contributed by atoms with Gasteiger partial charge in [0.1, 0.15) is 5.76 Å². The van der Waals surface area contributed by atoms with Crippen LogP contribution in [0.2, 0.25) is 0 Å². The van der Waals surface area contributed by atoms with Crippen LogP contribution >= 0.6 is 0 Å². The first kappa shape index (κ1) is 18.8. The Morgan fingerprint density at radius 1 is 1.32 bits per heavy atom. The van der Waals surface area contributed by atoms with E-state index in [2.05, 4.69) is 36.1 Å². The first-order valence-corrected chi connectivity index (χ1v) is 8.43. The fourth-order valence-electron chi connectivity index (χ4n) is 2.43. The third kappa shape index (κ3) is 4.95. The van der Waals surface area contributed by atoms with Gasteiger partial charge in [-0.2, -0.15) is 0 Å². The topological polar surface area (TPSA) is 58.4 Å². The molecule has 2 rings (SSSR count). The van der Waals surface area contributed by atoms with Crippen LogP contribution in [-0.4, -0.2) is 23.1 Å². The molecule has 1 aromatic carbocycles. The van der Waals surface area contributed by atoms with Crippen molar-refractivity contribution < 1.29 is 9.32 Å². The Morgan fingerprint density at radius 2 is 1.96 bits per heavy atom. The highest BCUT2D eigenvalue weighted by atomic mass is 16.5. The molecule has 1 heterocycles. The fourth-order valence-corrected chi connectivity index (χ4v) is 2.43. The molecule has 5 nitrogen and oxygen atoms in total. The van der Waals surface area contributed by atoms with Gasteiger partial charge in [0.2, 0.25) is 0 Å². The van der Waals surface area contributed by atoms with Crippen LogP contribution < -0.4 is 5.32 Å². The summed E-state index contributed by atoms with van der Waals surface area (Å²) in [4.78, 5) is 14.0. The second-order valence-electron chi connectivity index (χ2n) is 7.40. The van der Waals surface area contributed by atoms with Crippen molar-refractivity contribution in [2.75, 3.05) is 12.4 Å². The molecule has 0 saturated carbocycles. The number of nitrogens with zero attached hydrogens (tertiary/aromatic N) is 2. The standard InChI is InChI=1S/C20H27N3O2/c1-14(12-16-10-8-7-9-11-16)15(2)23(6)19(24)21-18-13-17(25-22-18)20(3,4)5/h7-11,13-14H,2,12H2,1,3-6H3,(H,21,22,24). The lowest BCUT2D eigenvalue weighted by molar-refractivity contribution is 0.228. The number of hydrogen-bond donors (Lipinski definition) is 1. The van der Waals surface area contributed by atoms with Crippen LogP contribution in [0, 0.1) is 5.92 Å². The minimum absolute atomic E-state index is 0.139. The largest absolute Gasteiger partial charge is 0.359 e. The molecule has 0 fully saturated rings. The maximum absolute atomic E-state index is 12.4. The molecule has 0 aliphatic heterocycles. The molecule has 1 unspecified atom stereocenters. The van der Waals surface area contributed by atoms with E-state index in [1.165, 1.54) is 10.5 Å². The predicted octanol–water partition coefficient (Wildman–Crippen LogP) is 4.83. The Morgan fingerprint density at radius 3 is 2.52 bits per heavy atom. The van der Waals surface area contributed by atoms with Crippen molar-refractivity contribution in [3.63, 3.8) is 0 Å². The Bertz CT molecular complexity index is 729. The monoisotopic (exact) mass is 341 g/mol. The molecule has 25 heavy (non-hydrogen) atoms. The van der Waals surface area contributed by atoms with Gasteiger partial charge in [-0.3, -0.25) is 5.32 Å². The molecule has 0 aliphatic carbocycles. The van der Waals surface area contributed by atoms with Crippen molar-refractivity contribution in [3.05, 3.63) is 60.0 Å². The van der Waals surface area contributed by atoms with Crippen molar-refractivity contribution in [3.8, 4) is 0 Å². The highest BCUT2D eigenvalue weighted by molar-refractivity contribution is 5.89. The van der Waals surface area contributed by atoms with Crippen LogP contribution in [0.15, 0.2) is 53.2 Å². The minimum atomic E-state index is -0.279. The van der Waals surface area contributed by atoms with E-state index in [-0.39, 0.29) is 17.4 Å². The average Bonchev–Trinajstić information content (AvgIpc) is 3.03. The maximum atomic E-state index is 12.4. The quantitative estimate of drug-likeness (QED) is 0.847. The van der Waals surface area contributed by atoms with Gasteiger partial charge < -0.3 is 9.42 Å². The lowest BCUT2D eigenvalue weighted by Gasteiger charge is -2.24. The number of anilines is 1. The lowest BCUT2D eigenvalue weighted by atomic mass is 9.93. The number of nitrogens with one attached hydrogen (secondary N) is 1. The van der Waals surface area contributed by atoms with E-state index in [0.717, 1.165) is 17.9 Å². The molecule has 0 radical (unpaired) electrons. The molecule has 0 saturated heterocycles. The average molecular weight is 341 g/mol. The number of benzene rings is 1. The van der Waals surface area contributed by atoms with Crippen molar-refractivity contribution in [1.29, 1.82) is 0 Å². The molecule has 0 bridgehead atoms. The van der Waals surface area contributed by atoms with Crippen molar-refractivity contribution >= 4 is 11.8 Å². The number of carbonyl (C=O) groups excluding carboxylic acids is 1. The first-order valence-electron chi connectivity index (χ1n) is 8.43. The SMILES string of the molecule is C=C(C(C)Cc1ccccc1)N(C)C(=O)Nc1cc(C(C)(C)C)on1. The first-order chi connectivity index (χ1) is 11.7. The Labute approximate surface area is 149 Å². The molecule has 2 amide bonds. The van der Waals surface area contributed by atoms with Crippen LogP contribution in [0.1, 0.15) is 39.0 Å². The summed E-state index contributed by atoms with van der Waals surface area (Å²) in [5.74, 6) is 1.27. The van der Waals surface area contributed by atoms with E-state index in [9.17, 15) is 4.79 Å². The summed E-state index contributed by atoms with van der Waals surface area (Å²) in [5, 5.41) is 6.67. The molecule has 5 heteroatoms. The van der Waals surface area contributed by atoms with Gasteiger partial charge in [-0.25, -0.2) is 4.79 Å². The van der Waals surface area contributed by atoms with Gasteiger partial charge in [0.25, 0.3) is 0 Å². The number of amides is 2. The van der Waals surface area contributed by atoms with Gasteiger partial charge in [-0.05, 0) is 17.9 Å². The summed E-state index contributed by atoms with van der Waals surface area (Å²) < 4.78 is 5.29. The Kier molecular flexibility index (Phi) is 5.67. The van der Waals surface area contributed by atoms with Crippen molar-refractivity contribution in [2.45, 2.75) is 39.5 Å². The van der Waals surface area contributed by atoms with Crippen LogP contribution in [-0.2, 0) is 11.8 Å². The van der Waals surface area contributed by atoms with Gasteiger partial charge >= 0.3 is 6.03 Å². The summed E-state index contributed by atoms with van der Waals surface area (Å²) in [6, 6.07) is 11.6. The molecular formula is C20H27N3O2. The maximum Gasteiger partial charge on any atom is 0.327 e. The molecule has 0 aliphatic rings. The van der Waals surface area contributed by atoms with E-state index in [1.54, 1.807) is 13.1 Å². The minimum Gasteiger partial charge on any atom is -0.359 e. The van der Waals surface area contributed by atoms with Gasteiger partial charge in [0, 0.05) is 24.2 Å². The lowest BCUT2D eigenvalue weighted by Crippen LogP contribution is -2.33. The number of carbonyl (C=O) groups is 1. The second kappa shape index (κ2) is 7.55. The second-order valence-corrected chi connectivity index (χ2v) is 7.40. The van der Waals surface area contributed by atoms with Gasteiger partial charge in [0.05, 0.1) is 0 Å². The molecule has 2 aromatic rings. The number of aromatic nitrogens is 1. The van der Waals surface area contributed by atoms with E-state index in [4.69, 9.17) is 4.52 Å². The third-order valence-corrected chi connectivity index (χ3v) is 4.17. The zero-order valence-corrected chi connectivity index (χ0v) is 15.7. The molecule has 1 aromatic heterocycles. The molecule has 0 spiro atoms. The number of hydrogen-bond acceptors (Lipinski definition) is 3. The molecule has 1 N–H and O–H groups in total. The van der Waals surface area contributed by atoms with Gasteiger partial charge in [-0.1, -0.05) is 69.8 Å². The number of rotatable bonds is 5. The van der Waals surface area contributed by atoms with E-state index < -0.39 is 0 Å². The normalized spacial score (nSPS) is 12.5. The van der Waals surface area contributed by atoms with E-state index >= 15 is 0 Å². The fraction of sp³-hybridized carbons (Fsp3) is 0.400. The van der Waals surface area contributed by atoms with Crippen LogP contribution in [0.3, 0.4) is 0 Å². The molecule has 134 valence electrons. The van der Waals surface area contributed by atoms with Crippen LogP contribution in [0.25, 0.3) is 0 Å². The Balaban J connectivity index is 1.96. The Hall–Kier alpha value is -2.56. The van der Waals surface area contributed by atoms with E-state index in [1.807, 2.05) is 39.0 Å². The summed E-state index contributed by atoms with van der Waals surface area (Å²) in [6.45, 7) is 12.2. The number of allylic oxidation sites excluding steroid dienone is 1. The zero-order chi connectivity index (χ0) is 18.6. The van der Waals surface area contributed by atoms with Crippen LogP contribution in [0.5, 0.6) is 0 Å². The summed E-state index contributed by atoms with van der Waals surface area (Å²) in [6.07, 6.45) is 0.829. The molecular weight excluding hydrogens is 314 g/mol. The highest BCUT2D eigenvalue weighted by Crippen LogP contribution is 2.25. The van der Waals surface area contributed by atoms with E-state index in [0.29, 0.717) is 5.82 Å². The molecule has 1 atom stereocenters. The summed E-state index contributed by atoms with van der Waals surface area (Å²) in [7, 11) is 1.71. The van der Waals surface area contributed by atoms with Crippen molar-refractivity contribution in [2.24, 2.45) is 5.92 Å². The summed E-state index contributed by atoms with van der Waals surface area (Å²) in [5.41, 5.74) is 1.81. The number of urea groups is 1. The predicted molar refractivity (Wildman–Crippen MR) is 100 cm³/mol.